The lowest BCUT2D eigenvalue weighted by atomic mass is 9.94. The van der Waals surface area contributed by atoms with Gasteiger partial charge in [0.1, 0.15) is 0 Å². The predicted octanol–water partition coefficient (Wildman–Crippen LogP) is 8.00. The van der Waals surface area contributed by atoms with E-state index in [1.165, 1.54) is 53.5 Å². The van der Waals surface area contributed by atoms with E-state index in [2.05, 4.69) is 79.5 Å². The van der Waals surface area contributed by atoms with Crippen LogP contribution >= 0.6 is 11.3 Å². The molecule has 3 aromatic carbocycles. The largest absolute Gasteiger partial charge is 0.354 e. The van der Waals surface area contributed by atoms with Crippen molar-refractivity contribution in [3.63, 3.8) is 0 Å². The predicted molar refractivity (Wildman–Crippen MR) is 137 cm³/mol. The van der Waals surface area contributed by atoms with E-state index in [1.807, 2.05) is 11.3 Å². The van der Waals surface area contributed by atoms with Gasteiger partial charge in [0.25, 0.3) is 0 Å². The second-order valence-corrected chi connectivity index (χ2v) is 9.70. The molecule has 2 aromatic heterocycles. The molecule has 3 heteroatoms. The third-order valence-electron chi connectivity index (χ3n) is 6.66. The standard InChI is InChI=1S/C28H30N2S/c1-3-18(2)20-11-8-12-23-22(10-6-7-16-29)27(30-28(20)23)19-14-15-26-24(17-19)21-9-4-5-13-25(21)31-26/h4-5,8-9,11-15,17-18,30H,3,6-7,10,16,29H2,1-2H3. The van der Waals surface area contributed by atoms with Crippen molar-refractivity contribution in [1.82, 2.24) is 4.98 Å². The van der Waals surface area contributed by atoms with Crippen LogP contribution in [0.15, 0.2) is 60.7 Å². The summed E-state index contributed by atoms with van der Waals surface area (Å²) in [5.74, 6) is 0.537. The number of hydrogen-bond acceptors (Lipinski definition) is 2. The molecular formula is C28H30N2S. The Hall–Kier alpha value is -2.62. The Kier molecular flexibility index (Phi) is 5.56. The molecule has 1 unspecified atom stereocenters. The van der Waals surface area contributed by atoms with Crippen molar-refractivity contribution in [3.8, 4) is 11.3 Å². The molecule has 0 aliphatic heterocycles. The minimum Gasteiger partial charge on any atom is -0.354 e. The molecule has 5 aromatic rings. The SMILES string of the molecule is CCC(C)c1cccc2c(CCCCN)c(-c3ccc4sc5ccccc5c4c3)[nH]c12. The Morgan fingerprint density at radius 3 is 2.55 bits per heavy atom. The van der Waals surface area contributed by atoms with Gasteiger partial charge in [-0.2, -0.15) is 0 Å². The van der Waals surface area contributed by atoms with Gasteiger partial charge < -0.3 is 10.7 Å². The Bertz CT molecular complexity index is 1360. The molecule has 0 aliphatic carbocycles. The van der Waals surface area contributed by atoms with Crippen molar-refractivity contribution in [2.75, 3.05) is 6.54 Å². The maximum Gasteiger partial charge on any atom is 0.0497 e. The maximum absolute atomic E-state index is 5.81. The Morgan fingerprint density at radius 2 is 1.71 bits per heavy atom. The lowest BCUT2D eigenvalue weighted by Crippen LogP contribution is -1.99. The van der Waals surface area contributed by atoms with Crippen LogP contribution in [0.25, 0.3) is 42.3 Å². The summed E-state index contributed by atoms with van der Waals surface area (Å²) in [5.41, 5.74) is 12.5. The molecule has 5 rings (SSSR count). The summed E-state index contributed by atoms with van der Waals surface area (Å²) in [6.45, 7) is 5.35. The molecular weight excluding hydrogens is 396 g/mol. The highest BCUT2D eigenvalue weighted by Gasteiger charge is 2.18. The normalized spacial score (nSPS) is 12.9. The molecule has 0 saturated carbocycles. The summed E-state index contributed by atoms with van der Waals surface area (Å²) < 4.78 is 2.71. The summed E-state index contributed by atoms with van der Waals surface area (Å²) in [6.07, 6.45) is 4.38. The van der Waals surface area contributed by atoms with Gasteiger partial charge in [-0.25, -0.2) is 0 Å². The van der Waals surface area contributed by atoms with E-state index in [0.29, 0.717) is 5.92 Å². The molecule has 0 saturated heterocycles. The van der Waals surface area contributed by atoms with Gasteiger partial charge in [0.05, 0.1) is 0 Å². The van der Waals surface area contributed by atoms with Crippen LogP contribution in [0.4, 0.5) is 0 Å². The summed E-state index contributed by atoms with van der Waals surface area (Å²) >= 11 is 1.88. The summed E-state index contributed by atoms with van der Waals surface area (Å²) in [5, 5.41) is 4.08. The van der Waals surface area contributed by atoms with Crippen LogP contribution < -0.4 is 5.73 Å². The lowest BCUT2D eigenvalue weighted by molar-refractivity contribution is 0.738. The number of unbranched alkanes of at least 4 members (excludes halogenated alkanes) is 1. The number of rotatable bonds is 7. The van der Waals surface area contributed by atoms with Crippen LogP contribution in [0.3, 0.4) is 0 Å². The van der Waals surface area contributed by atoms with E-state index in [1.54, 1.807) is 0 Å². The molecule has 158 valence electrons. The number of thiophene rings is 1. The second-order valence-electron chi connectivity index (χ2n) is 8.61. The van der Waals surface area contributed by atoms with Crippen molar-refractivity contribution in [3.05, 3.63) is 71.8 Å². The Morgan fingerprint density at radius 1 is 0.903 bits per heavy atom. The number of nitrogens with one attached hydrogen (secondary N) is 1. The van der Waals surface area contributed by atoms with Crippen molar-refractivity contribution >= 4 is 42.4 Å². The van der Waals surface area contributed by atoms with Gasteiger partial charge in [0.15, 0.2) is 0 Å². The van der Waals surface area contributed by atoms with Gasteiger partial charge >= 0.3 is 0 Å². The third kappa shape index (κ3) is 3.56. The highest BCUT2D eigenvalue weighted by Crippen LogP contribution is 2.39. The van der Waals surface area contributed by atoms with Crippen LogP contribution in [-0.4, -0.2) is 11.5 Å². The molecule has 3 N–H and O–H groups in total. The van der Waals surface area contributed by atoms with E-state index in [0.717, 1.165) is 32.2 Å². The van der Waals surface area contributed by atoms with Gasteiger partial charge in [-0.3, -0.25) is 0 Å². The number of fused-ring (bicyclic) bond motifs is 4. The summed E-state index contributed by atoms with van der Waals surface area (Å²) in [4.78, 5) is 3.87. The van der Waals surface area contributed by atoms with Crippen molar-refractivity contribution < 1.29 is 0 Å². The van der Waals surface area contributed by atoms with Crippen molar-refractivity contribution in [1.29, 1.82) is 0 Å². The first kappa shape index (κ1) is 20.3. The summed E-state index contributed by atoms with van der Waals surface area (Å²) in [7, 11) is 0. The van der Waals surface area contributed by atoms with Gasteiger partial charge in [-0.05, 0) is 73.0 Å². The van der Waals surface area contributed by atoms with Crippen LogP contribution in [0.5, 0.6) is 0 Å². The highest BCUT2D eigenvalue weighted by atomic mass is 32.1. The number of aromatic nitrogens is 1. The quantitative estimate of drug-likeness (QED) is 0.254. The number of nitrogens with two attached hydrogens (primary N) is 1. The van der Waals surface area contributed by atoms with E-state index in [9.17, 15) is 0 Å². The third-order valence-corrected chi connectivity index (χ3v) is 7.81. The first-order chi connectivity index (χ1) is 15.2. The average Bonchev–Trinajstić information content (AvgIpc) is 3.36. The Balaban J connectivity index is 1.72. The fraction of sp³-hybridized carbons (Fsp3) is 0.286. The molecule has 0 radical (unpaired) electrons. The van der Waals surface area contributed by atoms with Crippen LogP contribution in [0.1, 0.15) is 50.2 Å². The van der Waals surface area contributed by atoms with Crippen LogP contribution in [0, 0.1) is 0 Å². The van der Waals surface area contributed by atoms with Gasteiger partial charge in [0.2, 0.25) is 0 Å². The van der Waals surface area contributed by atoms with Crippen molar-refractivity contribution in [2.45, 2.75) is 45.4 Å². The fourth-order valence-corrected chi connectivity index (χ4v) is 5.85. The van der Waals surface area contributed by atoms with Crippen LogP contribution in [0.2, 0.25) is 0 Å². The molecule has 2 nitrogen and oxygen atoms in total. The molecule has 0 aliphatic rings. The number of aromatic amines is 1. The minimum atomic E-state index is 0.537. The molecule has 1 atom stereocenters. The topological polar surface area (TPSA) is 41.8 Å². The van der Waals surface area contributed by atoms with Gasteiger partial charge in [-0.1, -0.05) is 56.3 Å². The fourth-order valence-electron chi connectivity index (χ4n) is 4.76. The molecule has 0 fully saturated rings. The molecule has 31 heavy (non-hydrogen) atoms. The molecule has 0 spiro atoms. The lowest BCUT2D eigenvalue weighted by Gasteiger charge is -2.10. The van der Waals surface area contributed by atoms with E-state index in [-0.39, 0.29) is 0 Å². The second kappa shape index (κ2) is 8.49. The zero-order valence-electron chi connectivity index (χ0n) is 18.4. The molecule has 0 amide bonds. The zero-order chi connectivity index (χ0) is 21.4. The number of H-pyrrole nitrogens is 1. The van der Waals surface area contributed by atoms with E-state index in [4.69, 9.17) is 5.73 Å². The zero-order valence-corrected chi connectivity index (χ0v) is 19.2. The first-order valence-electron chi connectivity index (χ1n) is 11.5. The monoisotopic (exact) mass is 426 g/mol. The van der Waals surface area contributed by atoms with Gasteiger partial charge in [0, 0.05) is 36.8 Å². The van der Waals surface area contributed by atoms with E-state index >= 15 is 0 Å². The number of para-hydroxylation sites is 1. The number of benzene rings is 3. The van der Waals surface area contributed by atoms with E-state index < -0.39 is 0 Å². The summed E-state index contributed by atoms with van der Waals surface area (Å²) in [6, 6.07) is 22.5. The first-order valence-corrected chi connectivity index (χ1v) is 12.3. The highest BCUT2D eigenvalue weighted by molar-refractivity contribution is 7.25. The Labute approximate surface area is 188 Å². The van der Waals surface area contributed by atoms with Crippen LogP contribution in [-0.2, 0) is 6.42 Å². The average molecular weight is 427 g/mol. The smallest absolute Gasteiger partial charge is 0.0497 e. The number of hydrogen-bond donors (Lipinski definition) is 2. The molecule has 2 heterocycles. The van der Waals surface area contributed by atoms with Gasteiger partial charge in [-0.15, -0.1) is 11.3 Å². The van der Waals surface area contributed by atoms with Crippen molar-refractivity contribution in [2.24, 2.45) is 5.73 Å². The maximum atomic E-state index is 5.81. The molecule has 0 bridgehead atoms. The number of aryl methyl sites for hydroxylation is 1. The minimum absolute atomic E-state index is 0.537.